The van der Waals surface area contributed by atoms with E-state index in [0.717, 1.165) is 21.0 Å². The van der Waals surface area contributed by atoms with E-state index in [1.54, 1.807) is 42.5 Å². The summed E-state index contributed by atoms with van der Waals surface area (Å²) in [5, 5.41) is 3.05. The molecule has 184 valence electrons. The Labute approximate surface area is 212 Å². The SMILES string of the molecule is COc1cccc(N(CC(=O)N[C@@H](c2ccccc2)c2ccc(C)cc2)S(=O)(=O)c2ccccc2)c1. The van der Waals surface area contributed by atoms with Gasteiger partial charge in [-0.25, -0.2) is 8.42 Å². The highest BCUT2D eigenvalue weighted by Crippen LogP contribution is 2.28. The molecule has 0 aliphatic rings. The van der Waals surface area contributed by atoms with E-state index in [1.165, 1.54) is 19.2 Å². The Kier molecular flexibility index (Phi) is 7.71. The van der Waals surface area contributed by atoms with Crippen LogP contribution < -0.4 is 14.4 Å². The van der Waals surface area contributed by atoms with Gasteiger partial charge in [-0.3, -0.25) is 9.10 Å². The molecule has 36 heavy (non-hydrogen) atoms. The molecule has 0 aliphatic heterocycles. The maximum atomic E-state index is 13.6. The number of nitrogens with one attached hydrogen (secondary N) is 1. The summed E-state index contributed by atoms with van der Waals surface area (Å²) in [5.74, 6) is 0.0507. The summed E-state index contributed by atoms with van der Waals surface area (Å²) in [5.41, 5.74) is 3.24. The third-order valence-electron chi connectivity index (χ3n) is 5.81. The molecule has 0 radical (unpaired) electrons. The number of methoxy groups -OCH3 is 1. The van der Waals surface area contributed by atoms with Crippen molar-refractivity contribution in [3.8, 4) is 5.75 Å². The van der Waals surface area contributed by atoms with Crippen molar-refractivity contribution >= 4 is 21.6 Å². The topological polar surface area (TPSA) is 75.7 Å². The van der Waals surface area contributed by atoms with Crippen LogP contribution in [0, 0.1) is 6.92 Å². The number of hydrogen-bond acceptors (Lipinski definition) is 4. The molecule has 4 aromatic carbocycles. The van der Waals surface area contributed by atoms with E-state index in [1.807, 2.05) is 61.5 Å². The lowest BCUT2D eigenvalue weighted by Crippen LogP contribution is -2.42. The first-order valence-corrected chi connectivity index (χ1v) is 13.0. The van der Waals surface area contributed by atoms with Gasteiger partial charge in [0.2, 0.25) is 5.91 Å². The number of aryl methyl sites for hydroxylation is 1. The zero-order chi connectivity index (χ0) is 25.5. The van der Waals surface area contributed by atoms with Crippen molar-refractivity contribution in [1.82, 2.24) is 5.32 Å². The normalized spacial score (nSPS) is 11.9. The van der Waals surface area contributed by atoms with Crippen LogP contribution in [0.5, 0.6) is 5.75 Å². The van der Waals surface area contributed by atoms with Crippen molar-refractivity contribution in [2.75, 3.05) is 18.0 Å². The average Bonchev–Trinajstić information content (AvgIpc) is 2.92. The largest absolute Gasteiger partial charge is 0.497 e. The van der Waals surface area contributed by atoms with Crippen LogP contribution in [0.4, 0.5) is 5.69 Å². The third-order valence-corrected chi connectivity index (χ3v) is 7.60. The molecular formula is C29H28N2O4S. The Balaban J connectivity index is 1.69. The zero-order valence-corrected chi connectivity index (χ0v) is 21.0. The molecule has 4 aromatic rings. The highest BCUT2D eigenvalue weighted by molar-refractivity contribution is 7.92. The molecule has 0 saturated heterocycles. The summed E-state index contributed by atoms with van der Waals surface area (Å²) in [6, 6.07) is 31.8. The van der Waals surface area contributed by atoms with Gasteiger partial charge in [-0.05, 0) is 42.3 Å². The van der Waals surface area contributed by atoms with Crippen molar-refractivity contribution in [3.63, 3.8) is 0 Å². The van der Waals surface area contributed by atoms with E-state index in [-0.39, 0.29) is 4.90 Å². The molecule has 0 fully saturated rings. The van der Waals surface area contributed by atoms with Gasteiger partial charge in [0.05, 0.1) is 23.7 Å². The molecule has 0 aliphatic carbocycles. The number of sulfonamides is 1. The number of hydrogen-bond donors (Lipinski definition) is 1. The second-order valence-corrected chi connectivity index (χ2v) is 10.2. The standard InChI is InChI=1S/C29H28N2O4S/c1-22-16-18-24(19-17-22)29(23-10-5-3-6-11-23)30-28(32)21-31(25-12-9-13-26(20-25)35-2)36(33,34)27-14-7-4-8-15-27/h3-20,29H,21H2,1-2H3,(H,30,32)/t29-/m0/s1. The molecule has 7 heteroatoms. The van der Waals surface area contributed by atoms with Crippen LogP contribution in [0.3, 0.4) is 0 Å². The van der Waals surface area contributed by atoms with Gasteiger partial charge >= 0.3 is 0 Å². The molecule has 0 spiro atoms. The van der Waals surface area contributed by atoms with Crippen LogP contribution in [-0.2, 0) is 14.8 Å². The lowest BCUT2D eigenvalue weighted by Gasteiger charge is -2.26. The van der Waals surface area contributed by atoms with E-state index in [2.05, 4.69) is 5.32 Å². The maximum Gasteiger partial charge on any atom is 0.264 e. The zero-order valence-electron chi connectivity index (χ0n) is 20.2. The van der Waals surface area contributed by atoms with E-state index in [0.29, 0.717) is 11.4 Å². The Morgan fingerprint density at radius 1 is 0.833 bits per heavy atom. The highest BCUT2D eigenvalue weighted by Gasteiger charge is 2.28. The second kappa shape index (κ2) is 11.1. The van der Waals surface area contributed by atoms with Crippen molar-refractivity contribution in [2.45, 2.75) is 17.9 Å². The fourth-order valence-electron chi connectivity index (χ4n) is 3.90. The molecule has 0 aromatic heterocycles. The first-order chi connectivity index (χ1) is 17.4. The van der Waals surface area contributed by atoms with Crippen molar-refractivity contribution < 1.29 is 17.9 Å². The predicted molar refractivity (Wildman–Crippen MR) is 142 cm³/mol. The van der Waals surface area contributed by atoms with Crippen LogP contribution in [0.25, 0.3) is 0 Å². The minimum absolute atomic E-state index is 0.0961. The summed E-state index contributed by atoms with van der Waals surface area (Å²) in [7, 11) is -2.52. The molecule has 0 bridgehead atoms. The predicted octanol–water partition coefficient (Wildman–Crippen LogP) is 5.10. The quantitative estimate of drug-likeness (QED) is 0.347. The lowest BCUT2D eigenvalue weighted by molar-refractivity contribution is -0.120. The molecular weight excluding hydrogens is 472 g/mol. The van der Waals surface area contributed by atoms with Crippen LogP contribution in [0.2, 0.25) is 0 Å². The Morgan fingerprint density at radius 2 is 1.44 bits per heavy atom. The molecule has 6 nitrogen and oxygen atoms in total. The van der Waals surface area contributed by atoms with E-state index in [9.17, 15) is 13.2 Å². The van der Waals surface area contributed by atoms with Gasteiger partial charge in [-0.1, -0.05) is 84.4 Å². The first-order valence-electron chi connectivity index (χ1n) is 11.5. The van der Waals surface area contributed by atoms with Gasteiger partial charge in [-0.2, -0.15) is 0 Å². The molecule has 1 amide bonds. The lowest BCUT2D eigenvalue weighted by atomic mass is 9.98. The van der Waals surface area contributed by atoms with E-state index >= 15 is 0 Å². The van der Waals surface area contributed by atoms with Gasteiger partial charge in [0.15, 0.2) is 0 Å². The highest BCUT2D eigenvalue weighted by atomic mass is 32.2. The van der Waals surface area contributed by atoms with Crippen LogP contribution in [-0.4, -0.2) is 28.0 Å². The van der Waals surface area contributed by atoms with E-state index < -0.39 is 28.5 Å². The Bertz CT molecular complexity index is 1410. The molecule has 0 saturated carbocycles. The number of anilines is 1. The van der Waals surface area contributed by atoms with Crippen LogP contribution >= 0.6 is 0 Å². The molecule has 1 atom stereocenters. The van der Waals surface area contributed by atoms with Gasteiger partial charge < -0.3 is 10.1 Å². The summed E-state index contributed by atoms with van der Waals surface area (Å²) in [6.07, 6.45) is 0. The third kappa shape index (κ3) is 5.75. The number of carbonyl (C=O) groups excluding carboxylic acids is 1. The minimum atomic E-state index is -4.03. The fraction of sp³-hybridized carbons (Fsp3) is 0.138. The van der Waals surface area contributed by atoms with Gasteiger partial charge in [0.25, 0.3) is 10.0 Å². The smallest absolute Gasteiger partial charge is 0.264 e. The summed E-state index contributed by atoms with van der Waals surface area (Å²) < 4.78 is 33.7. The summed E-state index contributed by atoms with van der Waals surface area (Å²) in [4.78, 5) is 13.5. The molecule has 4 rings (SSSR count). The average molecular weight is 501 g/mol. The number of benzene rings is 4. The van der Waals surface area contributed by atoms with Gasteiger partial charge in [0, 0.05) is 6.07 Å². The van der Waals surface area contributed by atoms with Crippen molar-refractivity contribution in [1.29, 1.82) is 0 Å². The number of amides is 1. The Morgan fingerprint density at radius 3 is 2.08 bits per heavy atom. The Hall–Kier alpha value is -4.10. The van der Waals surface area contributed by atoms with E-state index in [4.69, 9.17) is 4.74 Å². The van der Waals surface area contributed by atoms with Crippen molar-refractivity contribution in [3.05, 3.63) is 126 Å². The number of rotatable bonds is 9. The molecule has 0 heterocycles. The van der Waals surface area contributed by atoms with Gasteiger partial charge in [-0.15, -0.1) is 0 Å². The second-order valence-electron chi connectivity index (χ2n) is 8.35. The first kappa shape index (κ1) is 25.0. The maximum absolute atomic E-state index is 13.6. The van der Waals surface area contributed by atoms with Crippen LogP contribution in [0.15, 0.2) is 114 Å². The molecule has 1 N–H and O–H groups in total. The number of ether oxygens (including phenoxy) is 1. The summed E-state index contributed by atoms with van der Waals surface area (Å²) >= 11 is 0. The monoisotopic (exact) mass is 500 g/mol. The number of carbonyl (C=O) groups is 1. The minimum Gasteiger partial charge on any atom is -0.497 e. The molecule has 0 unspecified atom stereocenters. The number of nitrogens with zero attached hydrogens (tertiary/aromatic N) is 1. The van der Waals surface area contributed by atoms with Gasteiger partial charge in [0.1, 0.15) is 12.3 Å². The summed E-state index contributed by atoms with van der Waals surface area (Å²) in [6.45, 7) is 1.60. The van der Waals surface area contributed by atoms with Crippen LogP contribution in [0.1, 0.15) is 22.7 Å². The van der Waals surface area contributed by atoms with Crippen molar-refractivity contribution in [2.24, 2.45) is 0 Å². The fourth-order valence-corrected chi connectivity index (χ4v) is 5.33.